The standard InChI is InChI=1S/C18H19ClN2O3S/c1-11(2)24-18(23)14-5-4-8-20-17(14)25-10-16(22)21-13-7-6-12(3)15(19)9-13/h4-9,11H,10H2,1-3H3,(H,21,22). The van der Waals surface area contributed by atoms with E-state index in [1.54, 1.807) is 44.3 Å². The van der Waals surface area contributed by atoms with Crippen LogP contribution in [0.15, 0.2) is 41.6 Å². The largest absolute Gasteiger partial charge is 0.459 e. The topological polar surface area (TPSA) is 68.3 Å². The molecule has 0 bridgehead atoms. The van der Waals surface area contributed by atoms with Crippen molar-refractivity contribution in [2.24, 2.45) is 0 Å². The molecule has 0 spiro atoms. The highest BCUT2D eigenvalue weighted by atomic mass is 35.5. The van der Waals surface area contributed by atoms with E-state index < -0.39 is 5.97 Å². The lowest BCUT2D eigenvalue weighted by Crippen LogP contribution is -2.16. The van der Waals surface area contributed by atoms with E-state index in [1.807, 2.05) is 13.0 Å². The van der Waals surface area contributed by atoms with Gasteiger partial charge in [-0.15, -0.1) is 0 Å². The van der Waals surface area contributed by atoms with Gasteiger partial charge >= 0.3 is 5.97 Å². The fourth-order valence-electron chi connectivity index (χ4n) is 1.94. The number of rotatable bonds is 6. The van der Waals surface area contributed by atoms with Crippen molar-refractivity contribution >= 4 is 40.9 Å². The number of benzene rings is 1. The number of nitrogens with one attached hydrogen (secondary N) is 1. The molecule has 0 saturated carbocycles. The predicted molar refractivity (Wildman–Crippen MR) is 100 cm³/mol. The monoisotopic (exact) mass is 378 g/mol. The summed E-state index contributed by atoms with van der Waals surface area (Å²) in [5.41, 5.74) is 1.92. The number of thioether (sulfide) groups is 1. The number of hydrogen-bond donors (Lipinski definition) is 1. The van der Waals surface area contributed by atoms with Gasteiger partial charge in [0.2, 0.25) is 5.91 Å². The second-order valence-electron chi connectivity index (χ2n) is 5.61. The van der Waals surface area contributed by atoms with Crippen LogP contribution in [0, 0.1) is 6.92 Å². The minimum atomic E-state index is -0.448. The Morgan fingerprint density at radius 3 is 2.76 bits per heavy atom. The maximum atomic E-state index is 12.1. The second kappa shape index (κ2) is 8.87. The number of carbonyl (C=O) groups excluding carboxylic acids is 2. The second-order valence-corrected chi connectivity index (χ2v) is 6.98. The van der Waals surface area contributed by atoms with Crippen LogP contribution in [0.4, 0.5) is 5.69 Å². The first-order valence-electron chi connectivity index (χ1n) is 7.71. The maximum Gasteiger partial charge on any atom is 0.341 e. The number of aryl methyl sites for hydroxylation is 1. The number of nitrogens with zero attached hydrogens (tertiary/aromatic N) is 1. The Bertz CT molecular complexity index is 781. The summed E-state index contributed by atoms with van der Waals surface area (Å²) in [6, 6.07) is 8.62. The van der Waals surface area contributed by atoms with Crippen molar-refractivity contribution in [1.29, 1.82) is 0 Å². The lowest BCUT2D eigenvalue weighted by Gasteiger charge is -2.11. The highest BCUT2D eigenvalue weighted by Gasteiger charge is 2.16. The average molecular weight is 379 g/mol. The number of pyridine rings is 1. The van der Waals surface area contributed by atoms with Gasteiger partial charge in [-0.2, -0.15) is 0 Å². The lowest BCUT2D eigenvalue weighted by atomic mass is 10.2. The smallest absolute Gasteiger partial charge is 0.341 e. The van der Waals surface area contributed by atoms with Gasteiger partial charge in [-0.3, -0.25) is 4.79 Å². The van der Waals surface area contributed by atoms with E-state index >= 15 is 0 Å². The molecule has 0 aliphatic heterocycles. The number of halogens is 1. The van der Waals surface area contributed by atoms with Crippen molar-refractivity contribution in [2.45, 2.75) is 31.9 Å². The molecule has 132 valence electrons. The molecule has 5 nitrogen and oxygen atoms in total. The molecule has 0 saturated heterocycles. The summed E-state index contributed by atoms with van der Waals surface area (Å²) in [6.07, 6.45) is 1.35. The predicted octanol–water partition coefficient (Wildman–Crippen LogP) is 4.34. The number of hydrogen-bond acceptors (Lipinski definition) is 5. The molecule has 0 unspecified atom stereocenters. The van der Waals surface area contributed by atoms with Crippen molar-refractivity contribution in [2.75, 3.05) is 11.1 Å². The normalized spacial score (nSPS) is 10.6. The van der Waals surface area contributed by atoms with Crippen LogP contribution in [0.3, 0.4) is 0 Å². The quantitative estimate of drug-likeness (QED) is 0.598. The molecule has 1 N–H and O–H groups in total. The van der Waals surface area contributed by atoms with Crippen molar-refractivity contribution in [1.82, 2.24) is 4.98 Å². The summed E-state index contributed by atoms with van der Waals surface area (Å²) in [5.74, 6) is -0.542. The highest BCUT2D eigenvalue weighted by molar-refractivity contribution is 8.00. The van der Waals surface area contributed by atoms with Crippen LogP contribution in [-0.2, 0) is 9.53 Å². The van der Waals surface area contributed by atoms with Gasteiger partial charge in [-0.05, 0) is 50.6 Å². The Labute approximate surface area is 156 Å². The van der Waals surface area contributed by atoms with Gasteiger partial charge in [0.15, 0.2) is 0 Å². The van der Waals surface area contributed by atoms with E-state index in [9.17, 15) is 9.59 Å². The first-order chi connectivity index (χ1) is 11.9. The average Bonchev–Trinajstić information content (AvgIpc) is 2.56. The van der Waals surface area contributed by atoms with Crippen molar-refractivity contribution < 1.29 is 14.3 Å². The number of amides is 1. The molecule has 1 aromatic carbocycles. The Hall–Kier alpha value is -2.05. The van der Waals surface area contributed by atoms with Gasteiger partial charge in [0.1, 0.15) is 5.03 Å². The molecule has 0 aliphatic carbocycles. The molecule has 0 radical (unpaired) electrons. The van der Waals surface area contributed by atoms with E-state index in [1.165, 1.54) is 11.8 Å². The summed E-state index contributed by atoms with van der Waals surface area (Å²) in [7, 11) is 0. The fraction of sp³-hybridized carbons (Fsp3) is 0.278. The Morgan fingerprint density at radius 2 is 2.08 bits per heavy atom. The third kappa shape index (κ3) is 5.76. The minimum absolute atomic E-state index is 0.116. The minimum Gasteiger partial charge on any atom is -0.459 e. The summed E-state index contributed by atoms with van der Waals surface area (Å²) in [6.45, 7) is 5.45. The van der Waals surface area contributed by atoms with E-state index in [4.69, 9.17) is 16.3 Å². The summed E-state index contributed by atoms with van der Waals surface area (Å²) >= 11 is 7.23. The summed E-state index contributed by atoms with van der Waals surface area (Å²) in [4.78, 5) is 28.4. The molecule has 2 aromatic rings. The van der Waals surface area contributed by atoms with E-state index in [2.05, 4.69) is 10.3 Å². The van der Waals surface area contributed by atoms with Crippen LogP contribution in [0.2, 0.25) is 5.02 Å². The van der Waals surface area contributed by atoms with Crippen LogP contribution in [0.5, 0.6) is 0 Å². The zero-order chi connectivity index (χ0) is 18.4. The molecule has 1 amide bonds. The molecular formula is C18H19ClN2O3S. The van der Waals surface area contributed by atoms with Gasteiger partial charge in [0.25, 0.3) is 0 Å². The molecule has 1 heterocycles. The van der Waals surface area contributed by atoms with E-state index in [-0.39, 0.29) is 17.8 Å². The molecule has 1 aromatic heterocycles. The number of aromatic nitrogens is 1. The lowest BCUT2D eigenvalue weighted by molar-refractivity contribution is -0.113. The zero-order valence-corrected chi connectivity index (χ0v) is 15.8. The first-order valence-corrected chi connectivity index (χ1v) is 9.08. The molecule has 0 aliphatic rings. The summed E-state index contributed by atoms with van der Waals surface area (Å²) < 4.78 is 5.20. The third-order valence-electron chi connectivity index (χ3n) is 3.13. The van der Waals surface area contributed by atoms with Crippen molar-refractivity contribution in [3.63, 3.8) is 0 Å². The van der Waals surface area contributed by atoms with Crippen molar-refractivity contribution in [3.8, 4) is 0 Å². The molecule has 25 heavy (non-hydrogen) atoms. The molecule has 0 fully saturated rings. The molecule has 2 rings (SSSR count). The Kier molecular flexibility index (Phi) is 6.84. The number of ether oxygens (including phenoxy) is 1. The van der Waals surface area contributed by atoms with Crippen molar-refractivity contribution in [3.05, 3.63) is 52.7 Å². The zero-order valence-electron chi connectivity index (χ0n) is 14.2. The van der Waals surface area contributed by atoms with Crippen LogP contribution >= 0.6 is 23.4 Å². The Morgan fingerprint density at radius 1 is 1.32 bits per heavy atom. The van der Waals surface area contributed by atoms with Gasteiger partial charge in [-0.1, -0.05) is 29.4 Å². The molecule has 0 atom stereocenters. The van der Waals surface area contributed by atoms with E-state index in [0.29, 0.717) is 21.3 Å². The van der Waals surface area contributed by atoms with Gasteiger partial charge < -0.3 is 10.1 Å². The number of anilines is 1. The third-order valence-corrected chi connectivity index (χ3v) is 4.54. The van der Waals surface area contributed by atoms with Gasteiger partial charge in [0.05, 0.1) is 17.4 Å². The van der Waals surface area contributed by atoms with Gasteiger partial charge in [0, 0.05) is 16.9 Å². The van der Waals surface area contributed by atoms with Crippen LogP contribution in [0.1, 0.15) is 29.8 Å². The molecule has 7 heteroatoms. The fourth-order valence-corrected chi connectivity index (χ4v) is 2.90. The number of esters is 1. The summed E-state index contributed by atoms with van der Waals surface area (Å²) in [5, 5.41) is 3.83. The van der Waals surface area contributed by atoms with Crippen LogP contribution in [0.25, 0.3) is 0 Å². The van der Waals surface area contributed by atoms with Crippen LogP contribution in [-0.4, -0.2) is 28.7 Å². The van der Waals surface area contributed by atoms with Gasteiger partial charge in [-0.25, -0.2) is 9.78 Å². The van der Waals surface area contributed by atoms with E-state index in [0.717, 1.165) is 5.56 Å². The highest BCUT2D eigenvalue weighted by Crippen LogP contribution is 2.23. The molecular weight excluding hydrogens is 360 g/mol. The SMILES string of the molecule is Cc1ccc(NC(=O)CSc2ncccc2C(=O)OC(C)C)cc1Cl. The Balaban J connectivity index is 2.00. The maximum absolute atomic E-state index is 12.1. The number of carbonyl (C=O) groups is 2. The first kappa shape index (κ1) is 19.3. The van der Waals surface area contributed by atoms with Crippen LogP contribution < -0.4 is 5.32 Å².